The van der Waals surface area contributed by atoms with E-state index in [1.165, 1.54) is 18.4 Å². The number of hydrogen-bond acceptors (Lipinski definition) is 4. The number of benzene rings is 1. The van der Waals surface area contributed by atoms with E-state index < -0.39 is 0 Å². The molecule has 0 unspecified atom stereocenters. The molecule has 0 amide bonds. The number of nitrogens with one attached hydrogen (secondary N) is 1. The Bertz CT molecular complexity index is 773. The van der Waals surface area contributed by atoms with Gasteiger partial charge in [0.05, 0.1) is 12.7 Å². The molecule has 1 aromatic carbocycles. The molecular formula is C17H20N6. The Morgan fingerprint density at radius 3 is 2.87 bits per heavy atom. The van der Waals surface area contributed by atoms with E-state index in [-0.39, 0.29) is 0 Å². The van der Waals surface area contributed by atoms with Gasteiger partial charge in [-0.15, -0.1) is 10.2 Å². The van der Waals surface area contributed by atoms with Gasteiger partial charge in [0.15, 0.2) is 0 Å². The third-order valence-corrected chi connectivity index (χ3v) is 4.18. The SMILES string of the molecule is c1ccc(Cn2cc(CNc3nnc4n3CCCC4)cn2)cc1. The van der Waals surface area contributed by atoms with Gasteiger partial charge in [0.2, 0.25) is 5.95 Å². The van der Waals surface area contributed by atoms with E-state index in [9.17, 15) is 0 Å². The first-order valence-corrected chi connectivity index (χ1v) is 8.10. The minimum Gasteiger partial charge on any atom is -0.350 e. The highest BCUT2D eigenvalue weighted by molar-refractivity contribution is 5.28. The molecule has 6 nitrogen and oxygen atoms in total. The summed E-state index contributed by atoms with van der Waals surface area (Å²) in [5.74, 6) is 1.97. The highest BCUT2D eigenvalue weighted by Crippen LogP contribution is 2.17. The van der Waals surface area contributed by atoms with Crippen LogP contribution in [0.5, 0.6) is 0 Å². The summed E-state index contributed by atoms with van der Waals surface area (Å²) < 4.78 is 4.16. The molecule has 118 valence electrons. The fraction of sp³-hybridized carbons (Fsp3) is 0.353. The van der Waals surface area contributed by atoms with Gasteiger partial charge in [-0.25, -0.2) is 0 Å². The van der Waals surface area contributed by atoms with E-state index in [0.29, 0.717) is 6.54 Å². The van der Waals surface area contributed by atoms with Crippen LogP contribution >= 0.6 is 0 Å². The van der Waals surface area contributed by atoms with Crippen LogP contribution in [-0.4, -0.2) is 24.5 Å². The Balaban J connectivity index is 1.39. The second-order valence-electron chi connectivity index (χ2n) is 5.93. The van der Waals surface area contributed by atoms with Crippen molar-refractivity contribution in [3.8, 4) is 0 Å². The molecule has 3 heterocycles. The molecule has 1 aliphatic rings. The molecule has 1 N–H and O–H groups in total. The lowest BCUT2D eigenvalue weighted by Crippen LogP contribution is -2.14. The van der Waals surface area contributed by atoms with Crippen LogP contribution in [0.15, 0.2) is 42.7 Å². The summed E-state index contributed by atoms with van der Waals surface area (Å²) in [6.07, 6.45) is 7.43. The summed E-state index contributed by atoms with van der Waals surface area (Å²) in [6, 6.07) is 10.4. The van der Waals surface area contributed by atoms with Crippen LogP contribution in [0.1, 0.15) is 29.8 Å². The Labute approximate surface area is 135 Å². The van der Waals surface area contributed by atoms with E-state index in [0.717, 1.165) is 36.8 Å². The van der Waals surface area contributed by atoms with Gasteiger partial charge < -0.3 is 5.32 Å². The van der Waals surface area contributed by atoms with Gasteiger partial charge in [-0.2, -0.15) is 5.10 Å². The van der Waals surface area contributed by atoms with Crippen molar-refractivity contribution in [2.75, 3.05) is 5.32 Å². The van der Waals surface area contributed by atoms with Crippen molar-refractivity contribution >= 4 is 5.95 Å². The van der Waals surface area contributed by atoms with Crippen LogP contribution in [0.25, 0.3) is 0 Å². The fourth-order valence-corrected chi connectivity index (χ4v) is 2.97. The van der Waals surface area contributed by atoms with Gasteiger partial charge in [0.1, 0.15) is 5.82 Å². The molecule has 1 aliphatic heterocycles. The molecule has 23 heavy (non-hydrogen) atoms. The molecule has 4 rings (SSSR count). The molecule has 0 atom stereocenters. The Morgan fingerprint density at radius 2 is 1.96 bits per heavy atom. The normalized spacial score (nSPS) is 13.7. The first-order valence-electron chi connectivity index (χ1n) is 8.10. The van der Waals surface area contributed by atoms with Crippen LogP contribution in [0.2, 0.25) is 0 Å². The van der Waals surface area contributed by atoms with E-state index in [1.54, 1.807) is 0 Å². The molecule has 0 fully saturated rings. The summed E-state index contributed by atoms with van der Waals surface area (Å²) in [5, 5.41) is 16.3. The first kappa shape index (κ1) is 14.0. The van der Waals surface area contributed by atoms with Crippen molar-refractivity contribution in [2.45, 2.75) is 38.9 Å². The number of aromatic nitrogens is 5. The molecular weight excluding hydrogens is 288 g/mol. The van der Waals surface area contributed by atoms with E-state index in [4.69, 9.17) is 0 Å². The summed E-state index contributed by atoms with van der Waals surface area (Å²) >= 11 is 0. The highest BCUT2D eigenvalue weighted by Gasteiger charge is 2.15. The zero-order valence-corrected chi connectivity index (χ0v) is 13.0. The van der Waals surface area contributed by atoms with Crippen molar-refractivity contribution in [3.63, 3.8) is 0 Å². The molecule has 0 bridgehead atoms. The van der Waals surface area contributed by atoms with Gasteiger partial charge in [0.25, 0.3) is 0 Å². The van der Waals surface area contributed by atoms with Crippen LogP contribution < -0.4 is 5.32 Å². The van der Waals surface area contributed by atoms with Crippen molar-refractivity contribution in [2.24, 2.45) is 0 Å². The van der Waals surface area contributed by atoms with Crippen LogP contribution in [0.3, 0.4) is 0 Å². The number of hydrogen-bond donors (Lipinski definition) is 1. The number of fused-ring (bicyclic) bond motifs is 1. The molecule has 0 saturated heterocycles. The van der Waals surface area contributed by atoms with Gasteiger partial charge >= 0.3 is 0 Å². The van der Waals surface area contributed by atoms with Crippen LogP contribution in [0, 0.1) is 0 Å². The molecule has 0 radical (unpaired) electrons. The van der Waals surface area contributed by atoms with E-state index in [1.807, 2.05) is 16.9 Å². The first-order chi connectivity index (χ1) is 11.4. The quantitative estimate of drug-likeness (QED) is 0.786. The van der Waals surface area contributed by atoms with Gasteiger partial charge in [-0.1, -0.05) is 30.3 Å². The van der Waals surface area contributed by atoms with Crippen LogP contribution in [-0.2, 0) is 26.1 Å². The Kier molecular flexibility index (Phi) is 3.80. The monoisotopic (exact) mass is 308 g/mol. The lowest BCUT2D eigenvalue weighted by Gasteiger charge is -2.14. The van der Waals surface area contributed by atoms with E-state index in [2.05, 4.69) is 55.6 Å². The smallest absolute Gasteiger partial charge is 0.224 e. The van der Waals surface area contributed by atoms with Crippen molar-refractivity contribution in [1.29, 1.82) is 0 Å². The number of nitrogens with zero attached hydrogens (tertiary/aromatic N) is 5. The third kappa shape index (κ3) is 3.11. The predicted molar refractivity (Wildman–Crippen MR) is 88.1 cm³/mol. The molecule has 0 aliphatic carbocycles. The second-order valence-corrected chi connectivity index (χ2v) is 5.93. The van der Waals surface area contributed by atoms with Crippen molar-refractivity contribution < 1.29 is 0 Å². The lowest BCUT2D eigenvalue weighted by molar-refractivity contribution is 0.525. The maximum absolute atomic E-state index is 4.43. The topological polar surface area (TPSA) is 60.6 Å². The maximum Gasteiger partial charge on any atom is 0.224 e. The zero-order valence-electron chi connectivity index (χ0n) is 13.0. The second kappa shape index (κ2) is 6.24. The van der Waals surface area contributed by atoms with Gasteiger partial charge in [-0.3, -0.25) is 9.25 Å². The van der Waals surface area contributed by atoms with Crippen molar-refractivity contribution in [1.82, 2.24) is 24.5 Å². The molecule has 0 spiro atoms. The minimum absolute atomic E-state index is 0.715. The molecule has 2 aromatic heterocycles. The third-order valence-electron chi connectivity index (χ3n) is 4.18. The van der Waals surface area contributed by atoms with E-state index >= 15 is 0 Å². The average molecular weight is 308 g/mol. The van der Waals surface area contributed by atoms with Crippen LogP contribution in [0.4, 0.5) is 5.95 Å². The van der Waals surface area contributed by atoms with Crippen molar-refractivity contribution in [3.05, 3.63) is 59.7 Å². The zero-order chi connectivity index (χ0) is 15.5. The fourth-order valence-electron chi connectivity index (χ4n) is 2.97. The Hall–Kier alpha value is -2.63. The summed E-state index contributed by atoms with van der Waals surface area (Å²) in [6.45, 7) is 2.52. The standard InChI is InChI=1S/C17H20N6/c1-2-6-14(7-3-1)12-22-13-15(11-19-22)10-18-17-21-20-16-8-4-5-9-23(16)17/h1-3,6-7,11,13H,4-5,8-10,12H2,(H,18,21). The summed E-state index contributed by atoms with van der Waals surface area (Å²) in [7, 11) is 0. The summed E-state index contributed by atoms with van der Waals surface area (Å²) in [5.41, 5.74) is 2.40. The number of anilines is 1. The molecule has 0 saturated carbocycles. The maximum atomic E-state index is 4.43. The average Bonchev–Trinajstić information content (AvgIpc) is 3.21. The number of aryl methyl sites for hydroxylation is 1. The van der Waals surface area contributed by atoms with Gasteiger partial charge in [0, 0.05) is 31.3 Å². The lowest BCUT2D eigenvalue weighted by atomic mass is 10.2. The largest absolute Gasteiger partial charge is 0.350 e. The summed E-state index contributed by atoms with van der Waals surface area (Å²) in [4.78, 5) is 0. The molecule has 6 heteroatoms. The predicted octanol–water partition coefficient (Wildman–Crippen LogP) is 2.47. The highest BCUT2D eigenvalue weighted by atomic mass is 15.4. The minimum atomic E-state index is 0.715. The molecule has 3 aromatic rings. The number of rotatable bonds is 5. The Morgan fingerprint density at radius 1 is 1.04 bits per heavy atom. The van der Waals surface area contributed by atoms with Gasteiger partial charge in [-0.05, 0) is 18.4 Å².